The highest BCUT2D eigenvalue weighted by atomic mass is 16.2. The monoisotopic (exact) mass is 274 g/mol. The number of aryl methyl sites for hydroxylation is 2. The van der Waals surface area contributed by atoms with Crippen LogP contribution in [0.3, 0.4) is 0 Å². The summed E-state index contributed by atoms with van der Waals surface area (Å²) in [5.74, 6) is 2.01. The van der Waals surface area contributed by atoms with E-state index in [9.17, 15) is 4.79 Å². The van der Waals surface area contributed by atoms with Crippen molar-refractivity contribution < 1.29 is 4.79 Å². The van der Waals surface area contributed by atoms with Crippen LogP contribution >= 0.6 is 0 Å². The molecule has 0 saturated carbocycles. The van der Waals surface area contributed by atoms with Crippen LogP contribution in [0.2, 0.25) is 0 Å². The minimum atomic E-state index is -0.00623. The Morgan fingerprint density at radius 2 is 2.40 bits per heavy atom. The van der Waals surface area contributed by atoms with Gasteiger partial charge in [-0.2, -0.15) is 5.10 Å². The molecule has 1 amide bonds. The quantitative estimate of drug-likeness (QED) is 0.862. The van der Waals surface area contributed by atoms with E-state index in [0.717, 1.165) is 37.5 Å². The van der Waals surface area contributed by atoms with Gasteiger partial charge in [-0.05, 0) is 12.5 Å². The van der Waals surface area contributed by atoms with Gasteiger partial charge in [-0.1, -0.05) is 6.92 Å². The van der Waals surface area contributed by atoms with Crippen molar-refractivity contribution in [2.75, 3.05) is 0 Å². The van der Waals surface area contributed by atoms with Gasteiger partial charge in [0.1, 0.15) is 18.2 Å². The van der Waals surface area contributed by atoms with Crippen LogP contribution in [0.5, 0.6) is 0 Å². The van der Waals surface area contributed by atoms with E-state index in [2.05, 4.69) is 32.1 Å². The number of carbonyl (C=O) groups is 1. The summed E-state index contributed by atoms with van der Waals surface area (Å²) in [6.07, 6.45) is 6.09. The molecular weight excluding hydrogens is 256 g/mol. The molecular formula is C13H18N6O. The van der Waals surface area contributed by atoms with Gasteiger partial charge in [0.05, 0.1) is 0 Å². The van der Waals surface area contributed by atoms with Crippen molar-refractivity contribution in [1.82, 2.24) is 29.9 Å². The van der Waals surface area contributed by atoms with Gasteiger partial charge in [0.2, 0.25) is 5.91 Å². The average molecular weight is 274 g/mol. The van der Waals surface area contributed by atoms with Crippen LogP contribution < -0.4 is 5.32 Å². The van der Waals surface area contributed by atoms with Gasteiger partial charge in [-0.15, -0.1) is 10.2 Å². The van der Waals surface area contributed by atoms with E-state index in [1.807, 2.05) is 6.07 Å². The van der Waals surface area contributed by atoms with Crippen molar-refractivity contribution in [3.63, 3.8) is 0 Å². The molecule has 2 aromatic rings. The summed E-state index contributed by atoms with van der Waals surface area (Å²) in [6.45, 7) is 3.09. The average Bonchev–Trinajstić information content (AvgIpc) is 3.07. The Morgan fingerprint density at radius 1 is 1.50 bits per heavy atom. The van der Waals surface area contributed by atoms with Crippen molar-refractivity contribution >= 4 is 5.91 Å². The topological polar surface area (TPSA) is 77.6 Å². The van der Waals surface area contributed by atoms with Crippen LogP contribution in [0.4, 0.5) is 0 Å². The third-order valence-electron chi connectivity index (χ3n) is 3.57. The summed E-state index contributed by atoms with van der Waals surface area (Å²) in [5, 5.41) is 15.5. The normalized spacial score (nSPS) is 17.8. The molecule has 20 heavy (non-hydrogen) atoms. The molecule has 2 aromatic heterocycles. The highest BCUT2D eigenvalue weighted by molar-refractivity contribution is 5.75. The first-order valence-electron chi connectivity index (χ1n) is 6.94. The fourth-order valence-corrected chi connectivity index (χ4v) is 2.58. The second-order valence-electron chi connectivity index (χ2n) is 5.00. The molecule has 0 saturated heterocycles. The third-order valence-corrected chi connectivity index (χ3v) is 3.57. The van der Waals surface area contributed by atoms with Crippen molar-refractivity contribution in [2.24, 2.45) is 0 Å². The molecule has 3 rings (SSSR count). The summed E-state index contributed by atoms with van der Waals surface area (Å²) in [6, 6.07) is 1.96. The lowest BCUT2D eigenvalue weighted by molar-refractivity contribution is -0.122. The maximum atomic E-state index is 12.0. The van der Waals surface area contributed by atoms with Crippen LogP contribution in [0, 0.1) is 0 Å². The predicted molar refractivity (Wildman–Crippen MR) is 71.9 cm³/mol. The molecule has 1 aliphatic rings. The Balaban J connectivity index is 1.61. The molecule has 0 unspecified atom stereocenters. The zero-order valence-corrected chi connectivity index (χ0v) is 11.5. The van der Waals surface area contributed by atoms with E-state index >= 15 is 0 Å². The Labute approximate surface area is 117 Å². The van der Waals surface area contributed by atoms with Gasteiger partial charge >= 0.3 is 0 Å². The maximum Gasteiger partial charge on any atom is 0.242 e. The molecule has 0 spiro atoms. The van der Waals surface area contributed by atoms with Gasteiger partial charge in [-0.25, -0.2) is 0 Å². The van der Waals surface area contributed by atoms with E-state index in [-0.39, 0.29) is 18.5 Å². The van der Waals surface area contributed by atoms with Gasteiger partial charge in [0, 0.05) is 37.8 Å². The smallest absolute Gasteiger partial charge is 0.242 e. The number of carbonyl (C=O) groups excluding carboxylic acids is 1. The summed E-state index contributed by atoms with van der Waals surface area (Å²) in [7, 11) is 0. The van der Waals surface area contributed by atoms with Gasteiger partial charge in [0.15, 0.2) is 0 Å². The van der Waals surface area contributed by atoms with E-state index < -0.39 is 0 Å². The molecule has 1 aliphatic heterocycles. The molecule has 0 aromatic carbocycles. The minimum Gasteiger partial charge on any atom is -0.350 e. The van der Waals surface area contributed by atoms with E-state index in [0.29, 0.717) is 0 Å². The predicted octanol–water partition coefficient (Wildman–Crippen LogP) is 0.168. The largest absolute Gasteiger partial charge is 0.350 e. The lowest BCUT2D eigenvalue weighted by Gasteiger charge is -2.25. The Morgan fingerprint density at radius 3 is 3.15 bits per heavy atom. The molecule has 1 atom stereocenters. The van der Waals surface area contributed by atoms with Crippen LogP contribution in [-0.4, -0.2) is 36.5 Å². The van der Waals surface area contributed by atoms with Crippen molar-refractivity contribution in [1.29, 1.82) is 0 Å². The SMILES string of the molecule is CCc1nnc2n1C[C@@H](NC(=O)Cn1cccn1)CC2. The highest BCUT2D eigenvalue weighted by Gasteiger charge is 2.23. The molecule has 0 radical (unpaired) electrons. The summed E-state index contributed by atoms with van der Waals surface area (Å²) in [5.41, 5.74) is 0. The second-order valence-corrected chi connectivity index (χ2v) is 5.00. The van der Waals surface area contributed by atoms with Crippen molar-refractivity contribution in [3.05, 3.63) is 30.1 Å². The summed E-state index contributed by atoms with van der Waals surface area (Å²) in [4.78, 5) is 12.0. The number of rotatable bonds is 4. The van der Waals surface area contributed by atoms with Gasteiger partial charge in [0.25, 0.3) is 0 Å². The molecule has 3 heterocycles. The standard InChI is InChI=1S/C13H18N6O/c1-2-11-16-17-12-5-4-10(8-19(11)12)15-13(20)9-18-7-3-6-14-18/h3,6-7,10H,2,4-5,8-9H2,1H3,(H,15,20)/t10-/m0/s1. The van der Waals surface area contributed by atoms with Crippen LogP contribution in [0.1, 0.15) is 25.0 Å². The van der Waals surface area contributed by atoms with Gasteiger partial charge < -0.3 is 9.88 Å². The zero-order valence-electron chi connectivity index (χ0n) is 11.5. The Hall–Kier alpha value is -2.18. The molecule has 0 aliphatic carbocycles. The summed E-state index contributed by atoms with van der Waals surface area (Å²) < 4.78 is 3.75. The number of aromatic nitrogens is 5. The molecule has 7 heteroatoms. The molecule has 0 fully saturated rings. The number of amides is 1. The summed E-state index contributed by atoms with van der Waals surface area (Å²) >= 11 is 0. The van der Waals surface area contributed by atoms with Crippen molar-refractivity contribution in [3.8, 4) is 0 Å². The zero-order chi connectivity index (χ0) is 13.9. The van der Waals surface area contributed by atoms with Crippen molar-refractivity contribution in [2.45, 2.75) is 45.3 Å². The van der Waals surface area contributed by atoms with E-state index in [1.165, 1.54) is 0 Å². The van der Waals surface area contributed by atoms with Gasteiger partial charge in [-0.3, -0.25) is 9.48 Å². The number of nitrogens with zero attached hydrogens (tertiary/aromatic N) is 5. The first kappa shape index (κ1) is 12.8. The number of hydrogen-bond donors (Lipinski definition) is 1. The number of nitrogens with one attached hydrogen (secondary N) is 1. The maximum absolute atomic E-state index is 12.0. The first-order valence-corrected chi connectivity index (χ1v) is 6.94. The van der Waals surface area contributed by atoms with Crippen LogP contribution in [0.25, 0.3) is 0 Å². The first-order chi connectivity index (χ1) is 9.76. The fraction of sp³-hybridized carbons (Fsp3) is 0.538. The fourth-order valence-electron chi connectivity index (χ4n) is 2.58. The van der Waals surface area contributed by atoms with Crippen LogP contribution in [0.15, 0.2) is 18.5 Å². The lowest BCUT2D eigenvalue weighted by Crippen LogP contribution is -2.42. The Kier molecular flexibility index (Phi) is 3.49. The number of hydrogen-bond acceptors (Lipinski definition) is 4. The highest BCUT2D eigenvalue weighted by Crippen LogP contribution is 2.15. The molecule has 0 bridgehead atoms. The minimum absolute atomic E-state index is 0.00623. The van der Waals surface area contributed by atoms with E-state index in [1.54, 1.807) is 17.1 Å². The Bertz CT molecular complexity index is 575. The van der Waals surface area contributed by atoms with E-state index in [4.69, 9.17) is 0 Å². The lowest BCUT2D eigenvalue weighted by atomic mass is 10.1. The van der Waals surface area contributed by atoms with Crippen LogP contribution in [-0.2, 0) is 30.7 Å². The molecule has 1 N–H and O–H groups in total. The molecule has 106 valence electrons. The second kappa shape index (κ2) is 5.44. The third kappa shape index (κ3) is 2.56. The number of fused-ring (bicyclic) bond motifs is 1. The molecule has 7 nitrogen and oxygen atoms in total.